The topological polar surface area (TPSA) is 38.0 Å². The molecular weight excluding hydrogens is 216 g/mol. The standard InChI is InChI=1S/C13H24N2S/c1-13(2,7-8-14)6-4-9-15-11-12-5-3-10-16-12/h3,5,10,15H,4,6-9,11,14H2,1-2H3. The second kappa shape index (κ2) is 7.05. The van der Waals surface area contributed by atoms with E-state index in [-0.39, 0.29) is 0 Å². The second-order valence-corrected chi connectivity index (χ2v) is 6.09. The lowest BCUT2D eigenvalue weighted by Gasteiger charge is -2.23. The predicted molar refractivity (Wildman–Crippen MR) is 72.7 cm³/mol. The molecule has 0 saturated heterocycles. The van der Waals surface area contributed by atoms with Crippen LogP contribution in [-0.2, 0) is 6.54 Å². The average Bonchev–Trinajstić information content (AvgIpc) is 2.69. The van der Waals surface area contributed by atoms with Crippen LogP contribution in [0.2, 0.25) is 0 Å². The van der Waals surface area contributed by atoms with Crippen LogP contribution in [0.4, 0.5) is 0 Å². The highest BCUT2D eigenvalue weighted by Gasteiger charge is 2.15. The van der Waals surface area contributed by atoms with Gasteiger partial charge in [0.15, 0.2) is 0 Å². The second-order valence-electron chi connectivity index (χ2n) is 5.06. The molecule has 0 saturated carbocycles. The van der Waals surface area contributed by atoms with Gasteiger partial charge in [-0.05, 0) is 49.2 Å². The number of nitrogens with one attached hydrogen (secondary N) is 1. The van der Waals surface area contributed by atoms with E-state index in [4.69, 9.17) is 5.73 Å². The number of thiophene rings is 1. The van der Waals surface area contributed by atoms with Gasteiger partial charge >= 0.3 is 0 Å². The third-order valence-corrected chi connectivity index (χ3v) is 3.78. The molecule has 0 aliphatic carbocycles. The van der Waals surface area contributed by atoms with Gasteiger partial charge in [-0.25, -0.2) is 0 Å². The van der Waals surface area contributed by atoms with E-state index in [2.05, 4.69) is 36.7 Å². The van der Waals surface area contributed by atoms with E-state index in [9.17, 15) is 0 Å². The molecule has 1 aromatic heterocycles. The van der Waals surface area contributed by atoms with Crippen LogP contribution in [0.3, 0.4) is 0 Å². The highest BCUT2D eigenvalue weighted by molar-refractivity contribution is 7.09. The van der Waals surface area contributed by atoms with E-state index in [1.54, 1.807) is 0 Å². The maximum Gasteiger partial charge on any atom is 0.0299 e. The summed E-state index contributed by atoms with van der Waals surface area (Å²) in [5.74, 6) is 0. The van der Waals surface area contributed by atoms with Crippen LogP contribution >= 0.6 is 11.3 Å². The molecule has 92 valence electrons. The summed E-state index contributed by atoms with van der Waals surface area (Å²) in [5.41, 5.74) is 6.00. The Labute approximate surface area is 103 Å². The minimum absolute atomic E-state index is 0.402. The molecular formula is C13H24N2S. The monoisotopic (exact) mass is 240 g/mol. The van der Waals surface area contributed by atoms with Crippen molar-refractivity contribution in [3.63, 3.8) is 0 Å². The molecule has 0 spiro atoms. The van der Waals surface area contributed by atoms with E-state index in [1.165, 1.54) is 17.7 Å². The summed E-state index contributed by atoms with van der Waals surface area (Å²) in [7, 11) is 0. The van der Waals surface area contributed by atoms with Gasteiger partial charge in [-0.15, -0.1) is 11.3 Å². The molecule has 3 N–H and O–H groups in total. The first-order valence-electron chi connectivity index (χ1n) is 6.07. The van der Waals surface area contributed by atoms with Crippen LogP contribution in [-0.4, -0.2) is 13.1 Å². The Morgan fingerprint density at radius 2 is 2.19 bits per heavy atom. The average molecular weight is 240 g/mol. The van der Waals surface area contributed by atoms with E-state index in [1.807, 2.05) is 11.3 Å². The van der Waals surface area contributed by atoms with Crippen molar-refractivity contribution in [1.82, 2.24) is 5.32 Å². The molecule has 0 aliphatic heterocycles. The molecule has 0 radical (unpaired) electrons. The molecule has 0 amide bonds. The van der Waals surface area contributed by atoms with E-state index in [0.29, 0.717) is 5.41 Å². The Morgan fingerprint density at radius 1 is 1.38 bits per heavy atom. The Morgan fingerprint density at radius 3 is 2.81 bits per heavy atom. The summed E-state index contributed by atoms with van der Waals surface area (Å²) in [6.45, 7) is 7.52. The zero-order chi connectivity index (χ0) is 11.9. The fourth-order valence-corrected chi connectivity index (χ4v) is 2.51. The molecule has 0 atom stereocenters. The molecule has 1 rings (SSSR count). The molecule has 0 bridgehead atoms. The third kappa shape index (κ3) is 5.64. The maximum absolute atomic E-state index is 5.59. The van der Waals surface area contributed by atoms with Gasteiger partial charge in [0.25, 0.3) is 0 Å². The summed E-state index contributed by atoms with van der Waals surface area (Å²) >= 11 is 1.82. The fraction of sp³-hybridized carbons (Fsp3) is 0.692. The smallest absolute Gasteiger partial charge is 0.0299 e. The molecule has 0 fully saturated rings. The summed E-state index contributed by atoms with van der Waals surface area (Å²) in [4.78, 5) is 1.42. The largest absolute Gasteiger partial charge is 0.330 e. The van der Waals surface area contributed by atoms with Gasteiger partial charge in [0.05, 0.1) is 0 Å². The minimum atomic E-state index is 0.402. The lowest BCUT2D eigenvalue weighted by molar-refractivity contribution is 0.302. The van der Waals surface area contributed by atoms with Gasteiger partial charge in [-0.1, -0.05) is 19.9 Å². The van der Waals surface area contributed by atoms with Gasteiger partial charge in [0.1, 0.15) is 0 Å². The van der Waals surface area contributed by atoms with Crippen LogP contribution < -0.4 is 11.1 Å². The number of hydrogen-bond acceptors (Lipinski definition) is 3. The minimum Gasteiger partial charge on any atom is -0.330 e. The SMILES string of the molecule is CC(C)(CCN)CCCNCc1cccs1. The Kier molecular flexibility index (Phi) is 6.03. The molecule has 1 heterocycles. The van der Waals surface area contributed by atoms with Crippen molar-refractivity contribution in [2.24, 2.45) is 11.1 Å². The van der Waals surface area contributed by atoms with Crippen LogP contribution in [0, 0.1) is 5.41 Å². The molecule has 0 aliphatic rings. The van der Waals surface area contributed by atoms with Crippen LogP contribution in [0.25, 0.3) is 0 Å². The molecule has 16 heavy (non-hydrogen) atoms. The van der Waals surface area contributed by atoms with Crippen molar-refractivity contribution in [3.05, 3.63) is 22.4 Å². The van der Waals surface area contributed by atoms with Crippen LogP contribution in [0.1, 0.15) is 38.0 Å². The van der Waals surface area contributed by atoms with E-state index < -0.39 is 0 Å². The lowest BCUT2D eigenvalue weighted by Crippen LogP contribution is -2.20. The number of hydrogen-bond donors (Lipinski definition) is 2. The van der Waals surface area contributed by atoms with Crippen molar-refractivity contribution in [1.29, 1.82) is 0 Å². The predicted octanol–water partition coefficient (Wildman–Crippen LogP) is 2.99. The highest BCUT2D eigenvalue weighted by Crippen LogP contribution is 2.25. The van der Waals surface area contributed by atoms with Crippen molar-refractivity contribution in [2.75, 3.05) is 13.1 Å². The van der Waals surface area contributed by atoms with Gasteiger partial charge in [-0.2, -0.15) is 0 Å². The van der Waals surface area contributed by atoms with Crippen molar-refractivity contribution >= 4 is 11.3 Å². The number of rotatable bonds is 8. The van der Waals surface area contributed by atoms with E-state index >= 15 is 0 Å². The van der Waals surface area contributed by atoms with Crippen LogP contribution in [0.15, 0.2) is 17.5 Å². The summed E-state index contributed by atoms with van der Waals surface area (Å²) < 4.78 is 0. The Hall–Kier alpha value is -0.380. The molecule has 3 heteroatoms. The number of nitrogens with two attached hydrogens (primary N) is 1. The fourth-order valence-electron chi connectivity index (χ4n) is 1.83. The summed E-state index contributed by atoms with van der Waals surface area (Å²) in [6.07, 6.45) is 3.61. The van der Waals surface area contributed by atoms with Gasteiger partial charge < -0.3 is 11.1 Å². The van der Waals surface area contributed by atoms with Gasteiger partial charge in [-0.3, -0.25) is 0 Å². The Bertz CT molecular complexity index is 267. The third-order valence-electron chi connectivity index (χ3n) is 2.91. The quantitative estimate of drug-likeness (QED) is 0.686. The summed E-state index contributed by atoms with van der Waals surface area (Å²) in [6, 6.07) is 4.28. The first-order valence-corrected chi connectivity index (χ1v) is 6.95. The molecule has 0 unspecified atom stereocenters. The molecule has 1 aromatic rings. The van der Waals surface area contributed by atoms with Crippen molar-refractivity contribution in [3.8, 4) is 0 Å². The van der Waals surface area contributed by atoms with Gasteiger partial charge in [0.2, 0.25) is 0 Å². The first-order chi connectivity index (χ1) is 7.64. The van der Waals surface area contributed by atoms with Crippen molar-refractivity contribution < 1.29 is 0 Å². The highest BCUT2D eigenvalue weighted by atomic mass is 32.1. The van der Waals surface area contributed by atoms with Crippen molar-refractivity contribution in [2.45, 2.75) is 39.7 Å². The normalized spacial score (nSPS) is 11.9. The molecule has 2 nitrogen and oxygen atoms in total. The lowest BCUT2D eigenvalue weighted by atomic mass is 9.84. The Balaban J connectivity index is 2.03. The zero-order valence-electron chi connectivity index (χ0n) is 10.5. The first kappa shape index (κ1) is 13.7. The van der Waals surface area contributed by atoms with Gasteiger partial charge in [0, 0.05) is 11.4 Å². The molecule has 0 aromatic carbocycles. The van der Waals surface area contributed by atoms with E-state index in [0.717, 1.165) is 26.1 Å². The maximum atomic E-state index is 5.59. The van der Waals surface area contributed by atoms with Crippen LogP contribution in [0.5, 0.6) is 0 Å². The zero-order valence-corrected chi connectivity index (χ0v) is 11.3. The summed E-state index contributed by atoms with van der Waals surface area (Å²) in [5, 5.41) is 5.61.